The van der Waals surface area contributed by atoms with Crippen molar-refractivity contribution in [3.05, 3.63) is 72.4 Å². The van der Waals surface area contributed by atoms with Crippen molar-refractivity contribution in [3.63, 3.8) is 0 Å². The average molecular weight is 379 g/mol. The van der Waals surface area contributed by atoms with Crippen LogP contribution in [0.2, 0.25) is 0 Å². The normalized spacial score (nSPS) is 15.4. The molecule has 2 N–H and O–H groups in total. The van der Waals surface area contributed by atoms with Gasteiger partial charge in [-0.25, -0.2) is 9.48 Å². The third-order valence-electron chi connectivity index (χ3n) is 5.07. The number of rotatable bonds is 7. The number of hydrogen-bond donors (Lipinski definition) is 2. The first-order chi connectivity index (χ1) is 13.8. The van der Waals surface area contributed by atoms with Gasteiger partial charge >= 0.3 is 6.03 Å². The number of nitrogens with one attached hydrogen (secondary N) is 2. The monoisotopic (exact) mass is 379 g/mol. The van der Waals surface area contributed by atoms with E-state index in [0.717, 1.165) is 30.1 Å². The van der Waals surface area contributed by atoms with Gasteiger partial charge in [0.25, 0.3) is 0 Å². The maximum atomic E-state index is 12.3. The fourth-order valence-corrected chi connectivity index (χ4v) is 3.57. The Labute approximate surface area is 164 Å². The number of amides is 2. The molecule has 0 bridgehead atoms. The van der Waals surface area contributed by atoms with Crippen LogP contribution in [0.3, 0.4) is 0 Å². The lowest BCUT2D eigenvalue weighted by Gasteiger charge is -2.26. The van der Waals surface area contributed by atoms with Crippen LogP contribution in [0.15, 0.2) is 65.5 Å². The van der Waals surface area contributed by atoms with Crippen LogP contribution in [-0.4, -0.2) is 40.3 Å². The lowest BCUT2D eigenvalue weighted by atomic mass is 10.2. The van der Waals surface area contributed by atoms with Gasteiger partial charge in [0.1, 0.15) is 5.76 Å². The lowest BCUT2D eigenvalue weighted by molar-refractivity contribution is 0.203. The van der Waals surface area contributed by atoms with Gasteiger partial charge in [0.05, 0.1) is 18.0 Å². The van der Waals surface area contributed by atoms with Crippen LogP contribution in [0.1, 0.15) is 30.2 Å². The minimum absolute atomic E-state index is 0.0802. The first-order valence-electron chi connectivity index (χ1n) is 9.68. The van der Waals surface area contributed by atoms with Crippen LogP contribution in [0.5, 0.6) is 0 Å². The molecule has 1 aliphatic rings. The van der Waals surface area contributed by atoms with Crippen LogP contribution in [-0.2, 0) is 6.54 Å². The molecule has 3 aromatic rings. The van der Waals surface area contributed by atoms with Crippen LogP contribution >= 0.6 is 0 Å². The van der Waals surface area contributed by atoms with Gasteiger partial charge < -0.3 is 15.1 Å². The van der Waals surface area contributed by atoms with Crippen molar-refractivity contribution < 1.29 is 9.21 Å². The molecule has 0 saturated carbocycles. The Hall–Kier alpha value is -3.06. The van der Waals surface area contributed by atoms with Crippen molar-refractivity contribution in [2.24, 2.45) is 0 Å². The number of benzene rings is 1. The third kappa shape index (κ3) is 4.43. The summed E-state index contributed by atoms with van der Waals surface area (Å²) in [6.45, 7) is 3.08. The maximum Gasteiger partial charge on any atom is 0.315 e. The van der Waals surface area contributed by atoms with Gasteiger partial charge in [0, 0.05) is 25.5 Å². The van der Waals surface area contributed by atoms with Gasteiger partial charge in [-0.05, 0) is 61.8 Å². The first-order valence-corrected chi connectivity index (χ1v) is 9.68. The highest BCUT2D eigenvalue weighted by atomic mass is 16.3. The summed E-state index contributed by atoms with van der Waals surface area (Å²) in [4.78, 5) is 14.6. The standard InChI is InChI=1S/C21H25N5O2/c27-21(22-15-17-6-8-18(9-7-17)26-13-4-10-24-26)23-16-19(20-5-3-14-28-20)25-11-1-2-12-25/h3-10,13-14,19H,1-2,11-12,15-16H2,(H2,22,23,27). The fourth-order valence-electron chi connectivity index (χ4n) is 3.57. The van der Waals surface area contributed by atoms with Crippen molar-refractivity contribution in [2.45, 2.75) is 25.4 Å². The number of urea groups is 1. The molecule has 4 rings (SSSR count). The SMILES string of the molecule is O=C(NCc1ccc(-n2cccn2)cc1)NCC(c1ccco1)N1CCCC1. The van der Waals surface area contributed by atoms with Gasteiger partial charge in [-0.1, -0.05) is 12.1 Å². The topological polar surface area (TPSA) is 75.3 Å². The highest BCUT2D eigenvalue weighted by Gasteiger charge is 2.25. The average Bonchev–Trinajstić information content (AvgIpc) is 3.51. The van der Waals surface area contributed by atoms with Crippen LogP contribution in [0, 0.1) is 0 Å². The molecule has 0 radical (unpaired) electrons. The Morgan fingerprint density at radius 3 is 2.61 bits per heavy atom. The predicted octanol–water partition coefficient (Wildman–Crippen LogP) is 3.10. The molecule has 1 aliphatic heterocycles. The minimum atomic E-state index is -0.174. The summed E-state index contributed by atoms with van der Waals surface area (Å²) in [7, 11) is 0. The highest BCUT2D eigenvalue weighted by Crippen LogP contribution is 2.24. The van der Waals surface area contributed by atoms with Gasteiger partial charge in [-0.15, -0.1) is 0 Å². The molecule has 2 aromatic heterocycles. The number of furan rings is 1. The van der Waals surface area contributed by atoms with Crippen LogP contribution in [0.4, 0.5) is 4.79 Å². The number of aromatic nitrogens is 2. The zero-order valence-corrected chi connectivity index (χ0v) is 15.8. The van der Waals surface area contributed by atoms with E-state index < -0.39 is 0 Å². The van der Waals surface area contributed by atoms with E-state index in [1.807, 2.05) is 48.7 Å². The zero-order valence-electron chi connectivity index (χ0n) is 15.8. The number of carbonyl (C=O) groups excluding carboxylic acids is 1. The Morgan fingerprint density at radius 1 is 1.11 bits per heavy atom. The fraction of sp³-hybridized carbons (Fsp3) is 0.333. The largest absolute Gasteiger partial charge is 0.468 e. The van der Waals surface area contributed by atoms with E-state index in [0.29, 0.717) is 13.1 Å². The van der Waals surface area contributed by atoms with E-state index >= 15 is 0 Å². The molecule has 1 atom stereocenters. The second kappa shape index (κ2) is 8.75. The van der Waals surface area contributed by atoms with Crippen LogP contribution < -0.4 is 10.6 Å². The molecule has 7 nitrogen and oxygen atoms in total. The van der Waals surface area contributed by atoms with E-state index in [2.05, 4.69) is 20.6 Å². The third-order valence-corrected chi connectivity index (χ3v) is 5.07. The highest BCUT2D eigenvalue weighted by molar-refractivity contribution is 5.73. The molecule has 3 heterocycles. The Morgan fingerprint density at radius 2 is 1.93 bits per heavy atom. The Kier molecular flexibility index (Phi) is 5.72. The van der Waals surface area contributed by atoms with E-state index in [-0.39, 0.29) is 12.1 Å². The molecule has 1 unspecified atom stereocenters. The molecule has 7 heteroatoms. The minimum Gasteiger partial charge on any atom is -0.468 e. The zero-order chi connectivity index (χ0) is 19.2. The van der Waals surface area contributed by atoms with E-state index in [9.17, 15) is 4.79 Å². The molecule has 1 aromatic carbocycles. The number of hydrogen-bond acceptors (Lipinski definition) is 4. The summed E-state index contributed by atoms with van der Waals surface area (Å²) >= 11 is 0. The van der Waals surface area contributed by atoms with Crippen LogP contribution in [0.25, 0.3) is 5.69 Å². The predicted molar refractivity (Wildman–Crippen MR) is 106 cm³/mol. The quantitative estimate of drug-likeness (QED) is 0.661. The molecule has 146 valence electrons. The van der Waals surface area contributed by atoms with Crippen molar-refractivity contribution in [1.29, 1.82) is 0 Å². The molecule has 0 aliphatic carbocycles. The van der Waals surface area contributed by atoms with Crippen molar-refractivity contribution >= 4 is 6.03 Å². The summed E-state index contributed by atoms with van der Waals surface area (Å²) in [5.41, 5.74) is 2.03. The smallest absolute Gasteiger partial charge is 0.315 e. The Balaban J connectivity index is 1.28. The summed E-state index contributed by atoms with van der Waals surface area (Å²) < 4.78 is 7.39. The molecule has 1 saturated heterocycles. The molecular formula is C21H25N5O2. The summed E-state index contributed by atoms with van der Waals surface area (Å²) in [5.74, 6) is 0.899. The van der Waals surface area contributed by atoms with E-state index in [4.69, 9.17) is 4.42 Å². The molecule has 0 spiro atoms. The first kappa shape index (κ1) is 18.3. The van der Waals surface area contributed by atoms with Gasteiger partial charge in [0.2, 0.25) is 0 Å². The Bertz CT molecular complexity index is 853. The van der Waals surface area contributed by atoms with Crippen molar-refractivity contribution in [2.75, 3.05) is 19.6 Å². The van der Waals surface area contributed by atoms with Gasteiger partial charge in [-0.3, -0.25) is 4.90 Å². The second-order valence-corrected chi connectivity index (χ2v) is 6.95. The maximum absolute atomic E-state index is 12.3. The van der Waals surface area contributed by atoms with E-state index in [1.54, 1.807) is 17.1 Å². The molecular weight excluding hydrogens is 354 g/mol. The number of likely N-dealkylation sites (tertiary alicyclic amines) is 1. The number of carbonyl (C=O) groups is 1. The number of nitrogens with zero attached hydrogens (tertiary/aromatic N) is 3. The molecule has 28 heavy (non-hydrogen) atoms. The summed E-state index contributed by atoms with van der Waals surface area (Å²) in [6, 6.07) is 13.6. The van der Waals surface area contributed by atoms with E-state index in [1.165, 1.54) is 12.8 Å². The lowest BCUT2D eigenvalue weighted by Crippen LogP contribution is -2.41. The van der Waals surface area contributed by atoms with Crippen molar-refractivity contribution in [1.82, 2.24) is 25.3 Å². The molecule has 1 fully saturated rings. The summed E-state index contributed by atoms with van der Waals surface area (Å²) in [6.07, 6.45) is 7.72. The van der Waals surface area contributed by atoms with Gasteiger partial charge in [0.15, 0.2) is 0 Å². The second-order valence-electron chi connectivity index (χ2n) is 6.95. The van der Waals surface area contributed by atoms with Crippen molar-refractivity contribution in [3.8, 4) is 5.69 Å². The van der Waals surface area contributed by atoms with Gasteiger partial charge in [-0.2, -0.15) is 5.10 Å². The molecule has 2 amide bonds. The summed E-state index contributed by atoms with van der Waals surface area (Å²) in [5, 5.41) is 10.1.